The molecule has 1 N–H and O–H groups in total. The van der Waals surface area contributed by atoms with Gasteiger partial charge in [0.2, 0.25) is 0 Å². The van der Waals surface area contributed by atoms with Crippen LogP contribution in [0.5, 0.6) is 0 Å². The van der Waals surface area contributed by atoms with Crippen molar-refractivity contribution in [2.45, 2.75) is 51.6 Å². The molecular formula is C21H24N2O2. The van der Waals surface area contributed by atoms with Gasteiger partial charge in [-0.3, -0.25) is 9.36 Å². The van der Waals surface area contributed by atoms with Crippen LogP contribution in [0.4, 0.5) is 0 Å². The Morgan fingerprint density at radius 3 is 2.84 bits per heavy atom. The van der Waals surface area contributed by atoms with Crippen LogP contribution in [-0.2, 0) is 7.05 Å². The minimum absolute atomic E-state index is 0.0222. The second-order valence-corrected chi connectivity index (χ2v) is 7.44. The summed E-state index contributed by atoms with van der Waals surface area (Å²) in [5.74, 6) is 1.09. The summed E-state index contributed by atoms with van der Waals surface area (Å²) in [6.07, 6.45) is 8.01. The third kappa shape index (κ3) is 2.65. The van der Waals surface area contributed by atoms with Crippen molar-refractivity contribution in [3.05, 3.63) is 62.7 Å². The Labute approximate surface area is 147 Å². The lowest BCUT2D eigenvalue weighted by Crippen LogP contribution is -2.24. The van der Waals surface area contributed by atoms with Gasteiger partial charge in [0, 0.05) is 18.5 Å². The average Bonchev–Trinajstić information content (AvgIpc) is 3.01. The number of nitrogens with zero attached hydrogens (tertiary/aromatic N) is 2. The molecule has 2 aliphatic carbocycles. The van der Waals surface area contributed by atoms with Crippen molar-refractivity contribution in [1.29, 1.82) is 0 Å². The molecule has 1 aromatic heterocycles. The number of aliphatic hydroxyl groups is 1. The van der Waals surface area contributed by atoms with Crippen molar-refractivity contribution in [3.8, 4) is 0 Å². The van der Waals surface area contributed by atoms with Gasteiger partial charge in [-0.1, -0.05) is 23.8 Å². The molecule has 1 aromatic carbocycles. The van der Waals surface area contributed by atoms with Crippen LogP contribution in [0.2, 0.25) is 0 Å². The molecule has 0 bridgehead atoms. The number of hydrogen-bond acceptors (Lipinski definition) is 3. The third-order valence-corrected chi connectivity index (χ3v) is 5.55. The summed E-state index contributed by atoms with van der Waals surface area (Å²) in [6.45, 7) is 3.67. The van der Waals surface area contributed by atoms with Crippen LogP contribution in [0.15, 0.2) is 40.2 Å². The van der Waals surface area contributed by atoms with Gasteiger partial charge < -0.3 is 5.11 Å². The fourth-order valence-electron chi connectivity index (χ4n) is 4.28. The molecule has 2 aromatic rings. The number of benzene rings is 1. The smallest absolute Gasteiger partial charge is 0.261 e. The third-order valence-electron chi connectivity index (χ3n) is 5.55. The van der Waals surface area contributed by atoms with Crippen molar-refractivity contribution in [1.82, 2.24) is 9.55 Å². The minimum Gasteiger partial charge on any atom is -0.389 e. The maximum atomic E-state index is 13.0. The van der Waals surface area contributed by atoms with Gasteiger partial charge in [0.25, 0.3) is 5.56 Å². The Bertz CT molecular complexity index is 980. The van der Waals surface area contributed by atoms with Gasteiger partial charge >= 0.3 is 0 Å². The fraction of sp³-hybridized carbons (Fsp3) is 0.429. The molecule has 2 aliphatic rings. The molecule has 4 nitrogen and oxygen atoms in total. The zero-order valence-corrected chi connectivity index (χ0v) is 15.0. The highest BCUT2D eigenvalue weighted by molar-refractivity contribution is 5.82. The predicted molar refractivity (Wildman–Crippen MR) is 99.7 cm³/mol. The maximum Gasteiger partial charge on any atom is 0.261 e. The summed E-state index contributed by atoms with van der Waals surface area (Å²) < 4.78 is 1.71. The Balaban J connectivity index is 1.87. The van der Waals surface area contributed by atoms with E-state index in [0.717, 1.165) is 42.6 Å². The van der Waals surface area contributed by atoms with E-state index >= 15 is 0 Å². The number of aliphatic hydroxyl groups excluding tert-OH is 1. The molecule has 0 radical (unpaired) electrons. The van der Waals surface area contributed by atoms with Crippen LogP contribution in [0, 0.1) is 6.92 Å². The van der Waals surface area contributed by atoms with Gasteiger partial charge in [0.1, 0.15) is 5.82 Å². The summed E-state index contributed by atoms with van der Waals surface area (Å²) in [7, 11) is 1.82. The molecule has 2 atom stereocenters. The van der Waals surface area contributed by atoms with Crippen LogP contribution in [0.3, 0.4) is 0 Å². The Kier molecular flexibility index (Phi) is 3.88. The van der Waals surface area contributed by atoms with Crippen molar-refractivity contribution >= 4 is 10.9 Å². The highest BCUT2D eigenvalue weighted by Crippen LogP contribution is 2.42. The number of fused-ring (bicyclic) bond motifs is 1. The number of aromatic nitrogens is 2. The lowest BCUT2D eigenvalue weighted by atomic mass is 9.99. The number of aryl methyl sites for hydroxylation is 1. The molecule has 130 valence electrons. The van der Waals surface area contributed by atoms with Gasteiger partial charge in [-0.25, -0.2) is 4.98 Å². The summed E-state index contributed by atoms with van der Waals surface area (Å²) in [5.41, 5.74) is 5.28. The monoisotopic (exact) mass is 336 g/mol. The van der Waals surface area contributed by atoms with Crippen LogP contribution in [-0.4, -0.2) is 14.7 Å². The Morgan fingerprint density at radius 2 is 2.12 bits per heavy atom. The topological polar surface area (TPSA) is 55.1 Å². The number of rotatable bonds is 2. The lowest BCUT2D eigenvalue weighted by Gasteiger charge is -2.18. The largest absolute Gasteiger partial charge is 0.389 e. The molecule has 25 heavy (non-hydrogen) atoms. The Morgan fingerprint density at radius 1 is 1.32 bits per heavy atom. The first-order valence-corrected chi connectivity index (χ1v) is 9.02. The van der Waals surface area contributed by atoms with E-state index in [2.05, 4.69) is 12.2 Å². The summed E-state index contributed by atoms with van der Waals surface area (Å²) >= 11 is 0. The summed E-state index contributed by atoms with van der Waals surface area (Å²) in [5, 5.41) is 10.8. The quantitative estimate of drug-likeness (QED) is 0.907. The molecular weight excluding hydrogens is 312 g/mol. The van der Waals surface area contributed by atoms with E-state index in [0.29, 0.717) is 10.9 Å². The second kappa shape index (κ2) is 5.95. The second-order valence-electron chi connectivity index (χ2n) is 7.44. The highest BCUT2D eigenvalue weighted by atomic mass is 16.3. The zero-order chi connectivity index (χ0) is 17.7. The Hall–Kier alpha value is -2.20. The summed E-state index contributed by atoms with van der Waals surface area (Å²) in [4.78, 5) is 17.9. The van der Waals surface area contributed by atoms with E-state index in [1.807, 2.05) is 26.1 Å². The minimum atomic E-state index is -0.646. The molecule has 0 amide bonds. The molecule has 4 heteroatoms. The van der Waals surface area contributed by atoms with E-state index in [1.54, 1.807) is 11.5 Å². The normalized spacial score (nSPS) is 21.0. The van der Waals surface area contributed by atoms with Crippen LogP contribution in [0.25, 0.3) is 10.9 Å². The van der Waals surface area contributed by atoms with Gasteiger partial charge in [-0.15, -0.1) is 0 Å². The van der Waals surface area contributed by atoms with Gasteiger partial charge in [0.15, 0.2) is 0 Å². The van der Waals surface area contributed by atoms with E-state index in [1.165, 1.54) is 11.1 Å². The molecule has 4 rings (SSSR count). The van der Waals surface area contributed by atoms with Gasteiger partial charge in [-0.05, 0) is 56.7 Å². The van der Waals surface area contributed by atoms with Gasteiger partial charge in [-0.2, -0.15) is 0 Å². The predicted octanol–water partition coefficient (Wildman–Crippen LogP) is 3.82. The molecule has 0 saturated carbocycles. The molecule has 0 spiro atoms. The van der Waals surface area contributed by atoms with E-state index < -0.39 is 6.10 Å². The summed E-state index contributed by atoms with van der Waals surface area (Å²) in [6, 6.07) is 3.81. The first-order valence-electron chi connectivity index (χ1n) is 9.02. The molecule has 0 saturated heterocycles. The number of allylic oxidation sites excluding steroid dienone is 4. The van der Waals surface area contributed by atoms with Crippen molar-refractivity contribution in [3.63, 3.8) is 0 Å². The molecule has 0 fully saturated rings. The van der Waals surface area contributed by atoms with Gasteiger partial charge in [0.05, 0.1) is 17.0 Å². The van der Waals surface area contributed by atoms with Crippen molar-refractivity contribution in [2.24, 2.45) is 7.05 Å². The number of hydrogen-bond donors (Lipinski definition) is 1. The first kappa shape index (κ1) is 16.3. The zero-order valence-electron chi connectivity index (χ0n) is 15.0. The van der Waals surface area contributed by atoms with E-state index in [4.69, 9.17) is 4.98 Å². The maximum absolute atomic E-state index is 13.0. The van der Waals surface area contributed by atoms with E-state index in [-0.39, 0.29) is 11.5 Å². The molecule has 2 unspecified atom stereocenters. The van der Waals surface area contributed by atoms with Crippen molar-refractivity contribution < 1.29 is 5.11 Å². The highest BCUT2D eigenvalue weighted by Gasteiger charge is 2.29. The van der Waals surface area contributed by atoms with Crippen LogP contribution in [0.1, 0.15) is 61.6 Å². The van der Waals surface area contributed by atoms with Crippen LogP contribution >= 0.6 is 0 Å². The first-order chi connectivity index (χ1) is 12.0. The fourth-order valence-corrected chi connectivity index (χ4v) is 4.28. The van der Waals surface area contributed by atoms with E-state index in [9.17, 15) is 9.90 Å². The average molecular weight is 336 g/mol. The molecule has 0 aliphatic heterocycles. The van der Waals surface area contributed by atoms with Crippen LogP contribution < -0.4 is 5.56 Å². The van der Waals surface area contributed by atoms with Crippen molar-refractivity contribution in [2.75, 3.05) is 0 Å². The SMILES string of the molecule is Cc1cc(C(C)O)c2nc(C3CC4=C(CCC=C4)C3)n(C)c(=O)c2c1. The standard InChI is InChI=1S/C21H24N2O2/c1-12-8-17(13(2)24)19-18(9-12)21(25)23(3)20(22-19)16-10-14-6-4-5-7-15(14)11-16/h4,6,8-9,13,16,24H,5,7,10-11H2,1-3H3. The molecule has 1 heterocycles. The lowest BCUT2D eigenvalue weighted by molar-refractivity contribution is 0.200.